The Morgan fingerprint density at radius 2 is 2.05 bits per heavy atom. The minimum absolute atomic E-state index is 0.534. The molecule has 0 bridgehead atoms. The molecule has 20 heavy (non-hydrogen) atoms. The number of piperazine rings is 1. The lowest BCUT2D eigenvalue weighted by molar-refractivity contribution is 0.246. The van der Waals surface area contributed by atoms with E-state index in [9.17, 15) is 0 Å². The Labute approximate surface area is 122 Å². The molecule has 2 N–H and O–H groups in total. The van der Waals surface area contributed by atoms with Gasteiger partial charge in [-0.1, -0.05) is 17.4 Å². The highest BCUT2D eigenvalue weighted by molar-refractivity contribution is 7.18. The Kier molecular flexibility index (Phi) is 3.79. The van der Waals surface area contributed by atoms with Crippen LogP contribution in [0.25, 0.3) is 0 Å². The van der Waals surface area contributed by atoms with E-state index in [1.807, 2.05) is 12.3 Å². The molecule has 2 aromatic rings. The van der Waals surface area contributed by atoms with Gasteiger partial charge in [0, 0.05) is 38.9 Å². The summed E-state index contributed by atoms with van der Waals surface area (Å²) in [6.07, 6.45) is 1.86. The molecule has 106 valence electrons. The quantitative estimate of drug-likeness (QED) is 0.914. The minimum atomic E-state index is 0.534. The van der Waals surface area contributed by atoms with Crippen molar-refractivity contribution >= 4 is 21.6 Å². The Morgan fingerprint density at radius 3 is 2.70 bits per heavy atom. The van der Waals surface area contributed by atoms with E-state index in [1.165, 1.54) is 22.6 Å². The number of rotatable bonds is 3. The van der Waals surface area contributed by atoms with Crippen LogP contribution in [0.5, 0.6) is 0 Å². The molecule has 0 amide bonds. The summed E-state index contributed by atoms with van der Waals surface area (Å²) in [5.41, 5.74) is 8.05. The van der Waals surface area contributed by atoms with E-state index >= 15 is 0 Å². The topological polar surface area (TPSA) is 71.2 Å². The molecule has 1 fully saturated rings. The average molecular weight is 290 g/mol. The van der Waals surface area contributed by atoms with E-state index in [0.29, 0.717) is 5.13 Å². The number of aryl methyl sites for hydroxylation is 1. The van der Waals surface area contributed by atoms with Crippen molar-refractivity contribution in [2.24, 2.45) is 0 Å². The Balaban J connectivity index is 1.58. The van der Waals surface area contributed by atoms with E-state index in [2.05, 4.69) is 38.0 Å². The van der Waals surface area contributed by atoms with Crippen molar-refractivity contribution in [1.82, 2.24) is 20.1 Å². The third kappa shape index (κ3) is 2.88. The summed E-state index contributed by atoms with van der Waals surface area (Å²) in [6.45, 7) is 6.97. The largest absolute Gasteiger partial charge is 0.374 e. The highest BCUT2D eigenvalue weighted by Gasteiger charge is 2.20. The van der Waals surface area contributed by atoms with E-state index in [0.717, 1.165) is 37.9 Å². The van der Waals surface area contributed by atoms with E-state index < -0.39 is 0 Å². The van der Waals surface area contributed by atoms with Crippen molar-refractivity contribution in [3.63, 3.8) is 0 Å². The summed E-state index contributed by atoms with van der Waals surface area (Å²) in [7, 11) is 0. The van der Waals surface area contributed by atoms with Gasteiger partial charge in [-0.05, 0) is 18.6 Å². The van der Waals surface area contributed by atoms with Crippen molar-refractivity contribution in [2.45, 2.75) is 13.5 Å². The van der Waals surface area contributed by atoms with Crippen LogP contribution < -0.4 is 10.6 Å². The van der Waals surface area contributed by atoms with Gasteiger partial charge in [0.25, 0.3) is 0 Å². The number of hydrogen-bond donors (Lipinski definition) is 1. The van der Waals surface area contributed by atoms with E-state index in [1.54, 1.807) is 0 Å². The van der Waals surface area contributed by atoms with Crippen LogP contribution in [0.3, 0.4) is 0 Å². The van der Waals surface area contributed by atoms with Crippen molar-refractivity contribution in [2.75, 3.05) is 36.8 Å². The molecule has 1 aliphatic rings. The first kappa shape index (κ1) is 13.3. The molecule has 0 saturated carbocycles. The molecule has 1 saturated heterocycles. The second-order valence-electron chi connectivity index (χ2n) is 4.95. The Hall–Kier alpha value is -1.73. The smallest absolute Gasteiger partial charge is 0.210 e. The lowest BCUT2D eigenvalue weighted by Crippen LogP contribution is -2.46. The molecule has 3 rings (SSSR count). The van der Waals surface area contributed by atoms with E-state index in [-0.39, 0.29) is 0 Å². The lowest BCUT2D eigenvalue weighted by Gasteiger charge is -2.34. The maximum absolute atomic E-state index is 5.63. The van der Waals surface area contributed by atoms with Crippen LogP contribution in [-0.4, -0.2) is 46.3 Å². The van der Waals surface area contributed by atoms with Gasteiger partial charge in [0.2, 0.25) is 10.3 Å². The summed E-state index contributed by atoms with van der Waals surface area (Å²) in [6, 6.07) is 4.10. The van der Waals surface area contributed by atoms with Crippen LogP contribution in [-0.2, 0) is 6.54 Å². The van der Waals surface area contributed by atoms with Crippen molar-refractivity contribution in [3.05, 3.63) is 29.6 Å². The normalized spacial score (nSPS) is 16.6. The molecule has 1 aliphatic heterocycles. The van der Waals surface area contributed by atoms with Gasteiger partial charge < -0.3 is 10.6 Å². The third-order valence-corrected chi connectivity index (χ3v) is 4.38. The molecular weight excluding hydrogens is 272 g/mol. The number of nitrogens with zero attached hydrogens (tertiary/aromatic N) is 5. The summed E-state index contributed by atoms with van der Waals surface area (Å²) in [4.78, 5) is 9.13. The van der Waals surface area contributed by atoms with Crippen molar-refractivity contribution in [1.29, 1.82) is 0 Å². The van der Waals surface area contributed by atoms with Crippen LogP contribution in [0.4, 0.5) is 10.3 Å². The molecule has 0 aromatic carbocycles. The zero-order chi connectivity index (χ0) is 13.9. The summed E-state index contributed by atoms with van der Waals surface area (Å²) in [5.74, 6) is 0. The van der Waals surface area contributed by atoms with Crippen molar-refractivity contribution in [3.8, 4) is 0 Å². The third-order valence-electron chi connectivity index (χ3n) is 3.56. The maximum atomic E-state index is 5.63. The van der Waals surface area contributed by atoms with Crippen LogP contribution in [0.2, 0.25) is 0 Å². The number of anilines is 2. The number of aromatic nitrogens is 3. The first-order valence-electron chi connectivity index (χ1n) is 6.69. The average Bonchev–Trinajstić information content (AvgIpc) is 2.89. The number of hydrogen-bond acceptors (Lipinski definition) is 7. The van der Waals surface area contributed by atoms with Gasteiger partial charge >= 0.3 is 0 Å². The molecule has 6 nitrogen and oxygen atoms in total. The summed E-state index contributed by atoms with van der Waals surface area (Å²) >= 11 is 1.45. The standard InChI is InChI=1S/C13H18N6S/c1-10-3-2-4-15-11(10)9-18-5-7-19(8-6-18)13-17-16-12(14)20-13/h2-4H,5-9H2,1H3,(H2,14,16). The van der Waals surface area contributed by atoms with Gasteiger partial charge in [-0.2, -0.15) is 0 Å². The molecule has 2 aromatic heterocycles. The van der Waals surface area contributed by atoms with Gasteiger partial charge in [0.05, 0.1) is 5.69 Å². The molecule has 0 atom stereocenters. The van der Waals surface area contributed by atoms with Crippen LogP contribution in [0.15, 0.2) is 18.3 Å². The van der Waals surface area contributed by atoms with Crippen LogP contribution >= 0.6 is 11.3 Å². The first-order chi connectivity index (χ1) is 9.72. The zero-order valence-corrected chi connectivity index (χ0v) is 12.3. The van der Waals surface area contributed by atoms with Gasteiger partial charge in [-0.15, -0.1) is 10.2 Å². The van der Waals surface area contributed by atoms with Gasteiger partial charge in [0.1, 0.15) is 0 Å². The fraction of sp³-hybridized carbons (Fsp3) is 0.462. The van der Waals surface area contributed by atoms with Crippen LogP contribution in [0, 0.1) is 6.92 Å². The first-order valence-corrected chi connectivity index (χ1v) is 7.51. The molecule has 7 heteroatoms. The zero-order valence-electron chi connectivity index (χ0n) is 11.5. The molecule has 3 heterocycles. The highest BCUT2D eigenvalue weighted by Crippen LogP contribution is 2.23. The Bertz CT molecular complexity index is 576. The number of pyridine rings is 1. The fourth-order valence-electron chi connectivity index (χ4n) is 2.35. The lowest BCUT2D eigenvalue weighted by atomic mass is 10.2. The SMILES string of the molecule is Cc1cccnc1CN1CCN(c2nnc(N)s2)CC1. The highest BCUT2D eigenvalue weighted by atomic mass is 32.1. The molecule has 0 unspecified atom stereocenters. The molecule has 0 radical (unpaired) electrons. The monoisotopic (exact) mass is 290 g/mol. The maximum Gasteiger partial charge on any atom is 0.210 e. The van der Waals surface area contributed by atoms with Crippen molar-refractivity contribution < 1.29 is 0 Å². The summed E-state index contributed by atoms with van der Waals surface area (Å²) in [5, 5.41) is 9.43. The molecular formula is C13H18N6S. The number of nitrogens with two attached hydrogens (primary N) is 1. The second kappa shape index (κ2) is 5.72. The molecule has 0 aliphatic carbocycles. The Morgan fingerprint density at radius 1 is 1.25 bits per heavy atom. The second-order valence-corrected chi connectivity index (χ2v) is 5.94. The van der Waals surface area contributed by atoms with E-state index in [4.69, 9.17) is 5.73 Å². The van der Waals surface area contributed by atoms with Gasteiger partial charge in [-0.25, -0.2) is 0 Å². The van der Waals surface area contributed by atoms with Gasteiger partial charge in [-0.3, -0.25) is 9.88 Å². The minimum Gasteiger partial charge on any atom is -0.374 e. The van der Waals surface area contributed by atoms with Gasteiger partial charge in [0.15, 0.2) is 0 Å². The predicted octanol–water partition coefficient (Wildman–Crippen LogP) is 1.15. The number of nitrogen functional groups attached to an aromatic ring is 1. The molecule has 0 spiro atoms. The fourth-order valence-corrected chi connectivity index (χ4v) is 3.01. The van der Waals surface area contributed by atoms with Crippen LogP contribution in [0.1, 0.15) is 11.3 Å². The summed E-state index contributed by atoms with van der Waals surface area (Å²) < 4.78 is 0. The predicted molar refractivity (Wildman–Crippen MR) is 80.8 cm³/mol.